The molecule has 2 rings (SSSR count). The molecule has 2 N–H and O–H groups in total. The molecule has 17 heavy (non-hydrogen) atoms. The van der Waals surface area contributed by atoms with Crippen molar-refractivity contribution in [2.45, 2.75) is 40.2 Å². The van der Waals surface area contributed by atoms with E-state index in [1.165, 1.54) is 22.1 Å². The van der Waals surface area contributed by atoms with Gasteiger partial charge in [0.2, 0.25) is 0 Å². The summed E-state index contributed by atoms with van der Waals surface area (Å²) in [7, 11) is 0. The summed E-state index contributed by atoms with van der Waals surface area (Å²) in [6, 6.07) is 2.08. The fraction of sp³-hybridized carbons (Fsp3) is 0.429. The highest BCUT2D eigenvalue weighted by molar-refractivity contribution is 9.10. The zero-order valence-corrected chi connectivity index (χ0v) is 12.3. The van der Waals surface area contributed by atoms with Crippen molar-refractivity contribution in [3.05, 3.63) is 33.0 Å². The van der Waals surface area contributed by atoms with E-state index in [0.717, 1.165) is 15.8 Å². The summed E-state index contributed by atoms with van der Waals surface area (Å²) in [5, 5.41) is 1.22. The number of halogens is 1. The molecule has 0 bridgehead atoms. The Labute approximate surface area is 110 Å². The molecule has 1 aromatic heterocycles. The van der Waals surface area contributed by atoms with Gasteiger partial charge in [0.1, 0.15) is 11.3 Å². The molecule has 1 heterocycles. The average Bonchev–Trinajstić information content (AvgIpc) is 2.64. The SMILES string of the molecule is Cc1cc2oc(CN)c(C(C)C)c2c(C)c1Br. The van der Waals surface area contributed by atoms with Gasteiger partial charge in [0.25, 0.3) is 0 Å². The lowest BCUT2D eigenvalue weighted by Gasteiger charge is -2.08. The number of rotatable bonds is 2. The highest BCUT2D eigenvalue weighted by atomic mass is 79.9. The van der Waals surface area contributed by atoms with E-state index in [-0.39, 0.29) is 0 Å². The Bertz CT molecular complexity index is 569. The van der Waals surface area contributed by atoms with Crippen LogP contribution in [-0.2, 0) is 6.54 Å². The Morgan fingerprint density at radius 3 is 2.53 bits per heavy atom. The van der Waals surface area contributed by atoms with Gasteiger partial charge in [-0.3, -0.25) is 0 Å². The van der Waals surface area contributed by atoms with Crippen molar-refractivity contribution < 1.29 is 4.42 Å². The summed E-state index contributed by atoms with van der Waals surface area (Å²) >= 11 is 3.64. The van der Waals surface area contributed by atoms with E-state index < -0.39 is 0 Å². The zero-order valence-electron chi connectivity index (χ0n) is 10.7. The predicted molar refractivity (Wildman–Crippen MR) is 75.4 cm³/mol. The van der Waals surface area contributed by atoms with Gasteiger partial charge in [0.05, 0.1) is 6.54 Å². The van der Waals surface area contributed by atoms with E-state index in [1.54, 1.807) is 0 Å². The van der Waals surface area contributed by atoms with Gasteiger partial charge in [0.15, 0.2) is 0 Å². The topological polar surface area (TPSA) is 39.2 Å². The van der Waals surface area contributed by atoms with Crippen LogP contribution in [0.4, 0.5) is 0 Å². The smallest absolute Gasteiger partial charge is 0.135 e. The van der Waals surface area contributed by atoms with Crippen LogP contribution in [0.3, 0.4) is 0 Å². The Balaban J connectivity index is 2.90. The second kappa shape index (κ2) is 4.46. The van der Waals surface area contributed by atoms with E-state index in [2.05, 4.69) is 49.7 Å². The Kier molecular flexibility index (Phi) is 3.32. The maximum absolute atomic E-state index is 5.88. The molecular formula is C14H18BrNO. The molecule has 0 aliphatic heterocycles. The van der Waals surface area contributed by atoms with E-state index in [9.17, 15) is 0 Å². The fourth-order valence-corrected chi connectivity index (χ4v) is 2.74. The normalized spacial score (nSPS) is 11.7. The summed E-state index contributed by atoms with van der Waals surface area (Å²) in [6.45, 7) is 9.02. The second-order valence-electron chi connectivity index (χ2n) is 4.80. The van der Waals surface area contributed by atoms with Crippen molar-refractivity contribution >= 4 is 26.9 Å². The Morgan fingerprint density at radius 1 is 1.35 bits per heavy atom. The molecule has 2 nitrogen and oxygen atoms in total. The predicted octanol–water partition coefficient (Wildman–Crippen LogP) is 4.39. The van der Waals surface area contributed by atoms with Crippen LogP contribution in [0.5, 0.6) is 0 Å². The van der Waals surface area contributed by atoms with E-state index in [0.29, 0.717) is 12.5 Å². The molecule has 0 aliphatic rings. The first-order valence-electron chi connectivity index (χ1n) is 5.88. The van der Waals surface area contributed by atoms with E-state index in [1.807, 2.05) is 0 Å². The molecule has 0 aliphatic carbocycles. The monoisotopic (exact) mass is 295 g/mol. The third kappa shape index (κ3) is 1.91. The van der Waals surface area contributed by atoms with Crippen molar-refractivity contribution in [3.63, 3.8) is 0 Å². The molecule has 0 fully saturated rings. The van der Waals surface area contributed by atoms with Crippen molar-refractivity contribution in [2.75, 3.05) is 0 Å². The van der Waals surface area contributed by atoms with Gasteiger partial charge in [-0.25, -0.2) is 0 Å². The average molecular weight is 296 g/mol. The molecule has 0 radical (unpaired) electrons. The number of aryl methyl sites for hydroxylation is 2. The molecule has 0 saturated heterocycles. The van der Waals surface area contributed by atoms with Crippen LogP contribution in [0.15, 0.2) is 15.0 Å². The third-order valence-electron chi connectivity index (χ3n) is 3.21. The van der Waals surface area contributed by atoms with E-state index in [4.69, 9.17) is 10.2 Å². The summed E-state index contributed by atoms with van der Waals surface area (Å²) < 4.78 is 7.04. The van der Waals surface area contributed by atoms with Crippen molar-refractivity contribution in [1.29, 1.82) is 0 Å². The van der Waals surface area contributed by atoms with Crippen molar-refractivity contribution in [3.8, 4) is 0 Å². The van der Waals surface area contributed by atoms with Crippen molar-refractivity contribution in [1.82, 2.24) is 0 Å². The lowest BCUT2D eigenvalue weighted by Crippen LogP contribution is -2.00. The summed E-state index contributed by atoms with van der Waals surface area (Å²) in [5.41, 5.74) is 10.4. The van der Waals surface area contributed by atoms with Crippen LogP contribution >= 0.6 is 15.9 Å². The number of fused-ring (bicyclic) bond motifs is 1. The van der Waals surface area contributed by atoms with Crippen molar-refractivity contribution in [2.24, 2.45) is 5.73 Å². The first kappa shape index (κ1) is 12.7. The first-order chi connectivity index (χ1) is 7.97. The van der Waals surface area contributed by atoms with Gasteiger partial charge in [-0.1, -0.05) is 29.8 Å². The van der Waals surface area contributed by atoms with Crippen LogP contribution in [0.25, 0.3) is 11.0 Å². The Morgan fingerprint density at radius 2 is 2.00 bits per heavy atom. The molecular weight excluding hydrogens is 278 g/mol. The molecule has 3 heteroatoms. The molecule has 92 valence electrons. The minimum absolute atomic E-state index is 0.420. The lowest BCUT2D eigenvalue weighted by molar-refractivity contribution is 0.541. The van der Waals surface area contributed by atoms with Gasteiger partial charge in [0, 0.05) is 15.4 Å². The standard InChI is InChI=1S/C14H18BrNO/c1-7(2)12-11(6-16)17-10-5-8(3)14(15)9(4)13(10)12/h5,7H,6,16H2,1-4H3. The lowest BCUT2D eigenvalue weighted by atomic mass is 9.96. The molecule has 1 aromatic carbocycles. The summed E-state index contributed by atoms with van der Waals surface area (Å²) in [6.07, 6.45) is 0. The molecule has 0 spiro atoms. The minimum Gasteiger partial charge on any atom is -0.459 e. The van der Waals surface area contributed by atoms with Gasteiger partial charge in [-0.15, -0.1) is 0 Å². The molecule has 0 amide bonds. The molecule has 0 atom stereocenters. The van der Waals surface area contributed by atoms with Gasteiger partial charge in [-0.2, -0.15) is 0 Å². The third-order valence-corrected chi connectivity index (χ3v) is 4.43. The number of furan rings is 1. The molecule has 0 unspecified atom stereocenters. The number of benzene rings is 1. The Hall–Kier alpha value is -0.800. The second-order valence-corrected chi connectivity index (χ2v) is 5.60. The number of hydrogen-bond acceptors (Lipinski definition) is 2. The first-order valence-corrected chi connectivity index (χ1v) is 6.67. The highest BCUT2D eigenvalue weighted by Gasteiger charge is 2.19. The molecule has 2 aromatic rings. The maximum atomic E-state index is 5.88. The maximum Gasteiger partial charge on any atom is 0.135 e. The van der Waals surface area contributed by atoms with Crippen LogP contribution < -0.4 is 5.73 Å². The minimum atomic E-state index is 0.420. The molecule has 0 saturated carbocycles. The highest BCUT2D eigenvalue weighted by Crippen LogP contribution is 2.38. The fourth-order valence-electron chi connectivity index (χ4n) is 2.43. The van der Waals surface area contributed by atoms with Crippen LogP contribution in [0.1, 0.15) is 42.2 Å². The quantitative estimate of drug-likeness (QED) is 0.892. The van der Waals surface area contributed by atoms with Crippen LogP contribution in [0.2, 0.25) is 0 Å². The summed E-state index contributed by atoms with van der Waals surface area (Å²) in [4.78, 5) is 0. The zero-order chi connectivity index (χ0) is 12.7. The van der Waals surface area contributed by atoms with Crippen LogP contribution in [0, 0.1) is 13.8 Å². The largest absolute Gasteiger partial charge is 0.459 e. The van der Waals surface area contributed by atoms with Crippen LogP contribution in [-0.4, -0.2) is 0 Å². The van der Waals surface area contributed by atoms with Gasteiger partial charge < -0.3 is 10.2 Å². The number of hydrogen-bond donors (Lipinski definition) is 1. The van der Waals surface area contributed by atoms with Gasteiger partial charge >= 0.3 is 0 Å². The van der Waals surface area contributed by atoms with E-state index >= 15 is 0 Å². The summed E-state index contributed by atoms with van der Waals surface area (Å²) in [5.74, 6) is 1.33. The number of nitrogens with two attached hydrogens (primary N) is 1. The van der Waals surface area contributed by atoms with Gasteiger partial charge in [-0.05, 0) is 37.0 Å².